The molecular weight excluding hydrogens is 515 g/mol. The highest BCUT2D eigenvalue weighted by Crippen LogP contribution is 2.31. The molecule has 0 unspecified atom stereocenters. The number of aromatic nitrogens is 5. The van der Waals surface area contributed by atoms with Gasteiger partial charge in [0, 0.05) is 37.3 Å². The lowest BCUT2D eigenvalue weighted by Crippen LogP contribution is -2.39. The van der Waals surface area contributed by atoms with Gasteiger partial charge in [0.05, 0.1) is 27.4 Å². The maximum atomic E-state index is 13.4. The summed E-state index contributed by atoms with van der Waals surface area (Å²) in [6, 6.07) is 5.28. The molecular formula is C24H23FN8O4S. The molecule has 12 nitrogen and oxygen atoms in total. The Bertz CT molecular complexity index is 1510. The fourth-order valence-electron chi connectivity index (χ4n) is 4.37. The Kier molecular flexibility index (Phi) is 7.05. The van der Waals surface area contributed by atoms with Crippen LogP contribution >= 0.6 is 11.3 Å². The molecule has 0 spiro atoms. The van der Waals surface area contributed by atoms with Gasteiger partial charge in [0.15, 0.2) is 11.5 Å². The number of nitrogens with one attached hydrogen (secondary N) is 1. The molecule has 2 amide bonds. The molecule has 14 heteroatoms. The van der Waals surface area contributed by atoms with E-state index in [0.717, 1.165) is 17.8 Å². The van der Waals surface area contributed by atoms with Crippen LogP contribution in [0.2, 0.25) is 0 Å². The van der Waals surface area contributed by atoms with E-state index in [0.29, 0.717) is 48.9 Å². The number of nitro groups is 1. The Balaban J connectivity index is 1.49. The van der Waals surface area contributed by atoms with Crippen molar-refractivity contribution >= 4 is 45.0 Å². The van der Waals surface area contributed by atoms with Crippen molar-refractivity contribution in [2.75, 3.05) is 18.4 Å². The molecule has 0 atom stereocenters. The number of rotatable bonds is 7. The van der Waals surface area contributed by atoms with Crippen molar-refractivity contribution in [2.24, 2.45) is 0 Å². The van der Waals surface area contributed by atoms with Gasteiger partial charge >= 0.3 is 5.00 Å². The van der Waals surface area contributed by atoms with Gasteiger partial charge in [-0.05, 0) is 37.5 Å². The van der Waals surface area contributed by atoms with Crippen LogP contribution in [0.3, 0.4) is 0 Å². The van der Waals surface area contributed by atoms with E-state index < -0.39 is 16.8 Å². The van der Waals surface area contributed by atoms with Crippen LogP contribution in [0.25, 0.3) is 22.4 Å². The molecule has 1 aliphatic heterocycles. The van der Waals surface area contributed by atoms with Gasteiger partial charge in [0.1, 0.15) is 5.82 Å². The number of thiophene rings is 1. The second kappa shape index (κ2) is 10.6. The van der Waals surface area contributed by atoms with Crippen molar-refractivity contribution in [3.63, 3.8) is 0 Å². The van der Waals surface area contributed by atoms with Gasteiger partial charge in [-0.3, -0.25) is 19.7 Å². The normalized spacial score (nSPS) is 14.1. The maximum absolute atomic E-state index is 13.4. The first-order chi connectivity index (χ1) is 18.3. The fourth-order valence-corrected chi connectivity index (χ4v) is 5.09. The third-order valence-electron chi connectivity index (χ3n) is 6.29. The number of halogens is 1. The number of fused-ring (bicyclic) bond motifs is 1. The lowest BCUT2D eigenvalue weighted by molar-refractivity contribution is -0.380. The Morgan fingerprint density at radius 3 is 2.63 bits per heavy atom. The van der Waals surface area contributed by atoms with Crippen molar-refractivity contribution in [3.05, 3.63) is 57.6 Å². The smallest absolute Gasteiger partial charge is 0.324 e. The zero-order chi connectivity index (χ0) is 26.8. The summed E-state index contributed by atoms with van der Waals surface area (Å²) in [5.74, 6) is -0.714. The molecule has 196 valence electrons. The average molecular weight is 539 g/mol. The second-order valence-corrected chi connectivity index (χ2v) is 9.87. The van der Waals surface area contributed by atoms with E-state index in [2.05, 4.69) is 25.4 Å². The van der Waals surface area contributed by atoms with Crippen LogP contribution < -0.4 is 5.32 Å². The van der Waals surface area contributed by atoms with Crippen molar-refractivity contribution in [2.45, 2.75) is 38.6 Å². The van der Waals surface area contributed by atoms with Gasteiger partial charge < -0.3 is 10.2 Å². The van der Waals surface area contributed by atoms with Crippen LogP contribution in [-0.2, 0) is 4.79 Å². The average Bonchev–Trinajstić information content (AvgIpc) is 3.58. The third kappa shape index (κ3) is 5.07. The van der Waals surface area contributed by atoms with Crippen LogP contribution in [0.15, 0.2) is 36.7 Å². The van der Waals surface area contributed by atoms with Crippen LogP contribution in [0.5, 0.6) is 0 Å². The summed E-state index contributed by atoms with van der Waals surface area (Å²) < 4.78 is 15.2. The molecule has 1 aliphatic rings. The van der Waals surface area contributed by atoms with E-state index in [4.69, 9.17) is 0 Å². The van der Waals surface area contributed by atoms with Gasteiger partial charge in [-0.15, -0.1) is 0 Å². The minimum atomic E-state index is -0.655. The van der Waals surface area contributed by atoms with Crippen molar-refractivity contribution in [3.8, 4) is 11.4 Å². The monoisotopic (exact) mass is 538 g/mol. The maximum Gasteiger partial charge on any atom is 0.324 e. The van der Waals surface area contributed by atoms with Gasteiger partial charge in [0.2, 0.25) is 11.9 Å². The summed E-state index contributed by atoms with van der Waals surface area (Å²) in [4.78, 5) is 50.6. The number of carbonyl (C=O) groups is 2. The number of nitrogens with zero attached hydrogens (tertiary/aromatic N) is 7. The topological polar surface area (TPSA) is 149 Å². The Hall–Kier alpha value is -4.33. The number of pyridine rings is 1. The molecule has 0 aromatic carbocycles. The lowest BCUT2D eigenvalue weighted by Gasteiger charge is -2.32. The number of hydrogen-bond acceptors (Lipinski definition) is 9. The van der Waals surface area contributed by atoms with Gasteiger partial charge in [-0.1, -0.05) is 18.3 Å². The second-order valence-electron chi connectivity index (χ2n) is 8.80. The number of carbonyl (C=O) groups excluding carboxylic acids is 2. The largest absolute Gasteiger partial charge is 0.343 e. The van der Waals surface area contributed by atoms with Crippen molar-refractivity contribution in [1.29, 1.82) is 0 Å². The fraction of sp³-hybridized carbons (Fsp3) is 0.333. The summed E-state index contributed by atoms with van der Waals surface area (Å²) in [5.41, 5.74) is 0.897. The molecule has 0 bridgehead atoms. The van der Waals surface area contributed by atoms with Gasteiger partial charge in [-0.25, -0.2) is 19.6 Å². The Morgan fingerprint density at radius 2 is 1.97 bits per heavy atom. The molecule has 0 aliphatic carbocycles. The van der Waals surface area contributed by atoms with E-state index in [9.17, 15) is 24.1 Å². The van der Waals surface area contributed by atoms with Gasteiger partial charge in [-0.2, -0.15) is 9.49 Å². The molecule has 5 heterocycles. The highest BCUT2D eigenvalue weighted by atomic mass is 32.1. The van der Waals surface area contributed by atoms with Crippen LogP contribution in [0.4, 0.5) is 15.2 Å². The molecule has 4 aromatic heterocycles. The minimum absolute atomic E-state index is 0.0317. The number of amides is 2. The van der Waals surface area contributed by atoms with E-state index >= 15 is 0 Å². The summed E-state index contributed by atoms with van der Waals surface area (Å²) in [5, 5.41) is 18.6. The summed E-state index contributed by atoms with van der Waals surface area (Å²) in [6.45, 7) is 3.18. The van der Waals surface area contributed by atoms with Crippen LogP contribution in [0, 0.1) is 16.1 Å². The summed E-state index contributed by atoms with van der Waals surface area (Å²) in [7, 11) is 0. The highest BCUT2D eigenvalue weighted by molar-refractivity contribution is 7.17. The SMILES string of the molecule is CCCC(=O)N1CCC(n2ncc3c(NC(=O)c4ccc([N+](=O)[O-])s4)nc(-c4ccc(F)nc4)nc32)CC1. The molecule has 1 fully saturated rings. The first-order valence-electron chi connectivity index (χ1n) is 12.0. The van der Waals surface area contributed by atoms with E-state index in [1.165, 1.54) is 30.5 Å². The minimum Gasteiger partial charge on any atom is -0.343 e. The van der Waals surface area contributed by atoms with E-state index in [1.54, 1.807) is 10.9 Å². The van der Waals surface area contributed by atoms with Crippen LogP contribution in [0.1, 0.15) is 48.3 Å². The third-order valence-corrected chi connectivity index (χ3v) is 7.33. The van der Waals surface area contributed by atoms with E-state index in [1.807, 2.05) is 11.8 Å². The Morgan fingerprint density at radius 1 is 1.18 bits per heavy atom. The quantitative estimate of drug-likeness (QED) is 0.209. The summed E-state index contributed by atoms with van der Waals surface area (Å²) >= 11 is 0.750. The predicted octanol–water partition coefficient (Wildman–Crippen LogP) is 4.21. The number of anilines is 1. The molecule has 0 saturated carbocycles. The predicted molar refractivity (Wildman–Crippen MR) is 137 cm³/mol. The van der Waals surface area contributed by atoms with E-state index in [-0.39, 0.29) is 33.5 Å². The molecule has 0 radical (unpaired) electrons. The molecule has 1 saturated heterocycles. The standard InChI is InChI=1S/C24H23FN8O4S/c1-2-3-19(34)31-10-8-15(9-11-31)32-23-16(13-27-32)22(28-21(29-23)14-4-6-18(25)26-12-14)30-24(35)17-5-7-20(38-17)33(36)37/h4-7,12-13,15H,2-3,8-11H2,1H3,(H,28,29,30,35). The van der Waals surface area contributed by atoms with Crippen molar-refractivity contribution in [1.82, 2.24) is 29.6 Å². The molecule has 1 N–H and O–H groups in total. The van der Waals surface area contributed by atoms with Crippen molar-refractivity contribution < 1.29 is 18.9 Å². The first kappa shape index (κ1) is 25.3. The highest BCUT2D eigenvalue weighted by Gasteiger charge is 2.27. The molecule has 5 rings (SSSR count). The molecule has 4 aromatic rings. The lowest BCUT2D eigenvalue weighted by atomic mass is 10.0. The zero-order valence-electron chi connectivity index (χ0n) is 20.3. The number of hydrogen-bond donors (Lipinski definition) is 1. The zero-order valence-corrected chi connectivity index (χ0v) is 21.2. The van der Waals surface area contributed by atoms with Gasteiger partial charge in [0.25, 0.3) is 5.91 Å². The summed E-state index contributed by atoms with van der Waals surface area (Å²) in [6.07, 6.45) is 5.54. The first-order valence-corrected chi connectivity index (χ1v) is 12.9. The number of likely N-dealkylation sites (tertiary alicyclic amines) is 1. The number of piperidine rings is 1. The molecule has 38 heavy (non-hydrogen) atoms. The van der Waals surface area contributed by atoms with Crippen LogP contribution in [-0.4, -0.2) is 59.5 Å². The Labute approximate surface area is 219 Å².